The lowest BCUT2D eigenvalue weighted by atomic mass is 10.1. The summed E-state index contributed by atoms with van der Waals surface area (Å²) in [5, 5.41) is 9.99. The quantitative estimate of drug-likeness (QED) is 0.764. The molecule has 0 bridgehead atoms. The Morgan fingerprint density at radius 2 is 2.00 bits per heavy atom. The van der Waals surface area contributed by atoms with Crippen LogP contribution in [0.3, 0.4) is 0 Å². The third-order valence-corrected chi connectivity index (χ3v) is 3.01. The van der Waals surface area contributed by atoms with Gasteiger partial charge in [0.15, 0.2) is 5.06 Å². The van der Waals surface area contributed by atoms with Gasteiger partial charge in [0.25, 0.3) is 6.43 Å². The standard InChI is InChI=1S/C10H8F2OS/c1-5-2-6-4-8(13)14-9(6)7(3-5)10(11)12/h2-4,10,13H,1H3. The largest absolute Gasteiger partial charge is 0.499 e. The Kier molecular flexibility index (Phi) is 2.15. The molecule has 1 nitrogen and oxygen atoms in total. The average Bonchev–Trinajstić information content (AvgIpc) is 2.42. The molecule has 0 unspecified atom stereocenters. The maximum Gasteiger partial charge on any atom is 0.265 e. The fourth-order valence-electron chi connectivity index (χ4n) is 1.48. The predicted molar refractivity (Wildman–Crippen MR) is 53.2 cm³/mol. The maximum atomic E-state index is 12.6. The van der Waals surface area contributed by atoms with Crippen LogP contribution in [0, 0.1) is 6.92 Å². The summed E-state index contributed by atoms with van der Waals surface area (Å²) in [7, 11) is 0. The van der Waals surface area contributed by atoms with Crippen molar-refractivity contribution in [3.63, 3.8) is 0 Å². The zero-order valence-corrected chi connectivity index (χ0v) is 8.24. The highest BCUT2D eigenvalue weighted by molar-refractivity contribution is 7.20. The summed E-state index contributed by atoms with van der Waals surface area (Å²) in [6.45, 7) is 1.76. The topological polar surface area (TPSA) is 20.2 Å². The summed E-state index contributed by atoms with van der Waals surface area (Å²) < 4.78 is 25.7. The van der Waals surface area contributed by atoms with Crippen molar-refractivity contribution in [2.75, 3.05) is 0 Å². The molecule has 1 N–H and O–H groups in total. The molecule has 0 radical (unpaired) electrons. The molecule has 1 heterocycles. The molecule has 0 aliphatic heterocycles. The number of hydrogen-bond acceptors (Lipinski definition) is 2. The van der Waals surface area contributed by atoms with Crippen LogP contribution in [0.4, 0.5) is 8.78 Å². The summed E-state index contributed by atoms with van der Waals surface area (Å²) in [5.74, 6) is 0. The maximum absolute atomic E-state index is 12.6. The SMILES string of the molecule is Cc1cc(C(F)F)c2sc(O)cc2c1. The van der Waals surface area contributed by atoms with E-state index in [0.717, 1.165) is 16.9 Å². The number of rotatable bonds is 1. The zero-order valence-electron chi connectivity index (χ0n) is 7.42. The second-order valence-corrected chi connectivity index (χ2v) is 4.19. The van der Waals surface area contributed by atoms with Crippen molar-refractivity contribution in [1.29, 1.82) is 0 Å². The van der Waals surface area contributed by atoms with Crippen molar-refractivity contribution in [1.82, 2.24) is 0 Å². The van der Waals surface area contributed by atoms with Gasteiger partial charge in [-0.15, -0.1) is 0 Å². The third kappa shape index (κ3) is 1.46. The summed E-state index contributed by atoms with van der Waals surface area (Å²) in [6.07, 6.45) is -2.49. The zero-order chi connectivity index (χ0) is 10.3. The van der Waals surface area contributed by atoms with E-state index in [9.17, 15) is 13.9 Å². The molecule has 2 aromatic rings. The van der Waals surface area contributed by atoms with E-state index in [1.807, 2.05) is 0 Å². The minimum absolute atomic E-state index is 0.00491. The molecule has 0 amide bonds. The van der Waals surface area contributed by atoms with Crippen molar-refractivity contribution in [2.45, 2.75) is 13.3 Å². The summed E-state index contributed by atoms with van der Waals surface area (Å²) in [5.41, 5.74) is 0.788. The molecule has 0 spiro atoms. The Morgan fingerprint density at radius 1 is 1.29 bits per heavy atom. The van der Waals surface area contributed by atoms with Gasteiger partial charge in [-0.05, 0) is 30.0 Å². The second-order valence-electron chi connectivity index (χ2n) is 3.16. The summed E-state index contributed by atoms with van der Waals surface area (Å²) in [6, 6.07) is 4.76. The Bertz CT molecular complexity index is 476. The molecule has 1 aromatic carbocycles. The second kappa shape index (κ2) is 3.20. The first kappa shape index (κ1) is 9.40. The number of thiophene rings is 1. The number of alkyl halides is 2. The molecule has 0 fully saturated rings. The van der Waals surface area contributed by atoms with Crippen LogP contribution in [-0.4, -0.2) is 5.11 Å². The average molecular weight is 214 g/mol. The van der Waals surface area contributed by atoms with Crippen LogP contribution in [0.15, 0.2) is 18.2 Å². The monoisotopic (exact) mass is 214 g/mol. The van der Waals surface area contributed by atoms with E-state index in [1.165, 1.54) is 12.1 Å². The van der Waals surface area contributed by atoms with Crippen LogP contribution in [0.1, 0.15) is 17.6 Å². The van der Waals surface area contributed by atoms with E-state index < -0.39 is 6.43 Å². The molecule has 0 saturated carbocycles. The van der Waals surface area contributed by atoms with Gasteiger partial charge in [0.1, 0.15) is 0 Å². The van der Waals surface area contributed by atoms with E-state index in [1.54, 1.807) is 13.0 Å². The molecule has 74 valence electrons. The van der Waals surface area contributed by atoms with Crippen molar-refractivity contribution in [3.8, 4) is 5.06 Å². The van der Waals surface area contributed by atoms with Crippen molar-refractivity contribution >= 4 is 21.4 Å². The molecule has 0 saturated heterocycles. The van der Waals surface area contributed by atoms with Gasteiger partial charge in [0.2, 0.25) is 0 Å². The highest BCUT2D eigenvalue weighted by Gasteiger charge is 2.14. The minimum atomic E-state index is -2.49. The molecular formula is C10H8F2OS. The minimum Gasteiger partial charge on any atom is -0.499 e. The molecule has 0 atom stereocenters. The van der Waals surface area contributed by atoms with Gasteiger partial charge in [0, 0.05) is 10.3 Å². The van der Waals surface area contributed by atoms with Crippen molar-refractivity contribution in [3.05, 3.63) is 29.3 Å². The lowest BCUT2D eigenvalue weighted by Crippen LogP contribution is -1.85. The van der Waals surface area contributed by atoms with Gasteiger partial charge >= 0.3 is 0 Å². The number of aryl methyl sites for hydroxylation is 1. The number of aromatic hydroxyl groups is 1. The van der Waals surface area contributed by atoms with Gasteiger partial charge in [-0.3, -0.25) is 0 Å². The Balaban J connectivity index is 2.79. The van der Waals surface area contributed by atoms with Gasteiger partial charge in [0.05, 0.1) is 0 Å². The van der Waals surface area contributed by atoms with E-state index >= 15 is 0 Å². The highest BCUT2D eigenvalue weighted by Crippen LogP contribution is 2.37. The molecule has 4 heteroatoms. The molecule has 0 aliphatic rings. The van der Waals surface area contributed by atoms with E-state index in [0.29, 0.717) is 10.1 Å². The first-order chi connectivity index (χ1) is 6.58. The molecule has 2 rings (SSSR count). The van der Waals surface area contributed by atoms with Crippen LogP contribution < -0.4 is 0 Å². The van der Waals surface area contributed by atoms with Crippen LogP contribution in [0.25, 0.3) is 10.1 Å². The van der Waals surface area contributed by atoms with Gasteiger partial charge < -0.3 is 5.11 Å². The lowest BCUT2D eigenvalue weighted by Gasteiger charge is -2.02. The van der Waals surface area contributed by atoms with Crippen molar-refractivity contribution < 1.29 is 13.9 Å². The number of fused-ring (bicyclic) bond motifs is 1. The molecule has 14 heavy (non-hydrogen) atoms. The molecule has 1 aromatic heterocycles. The van der Waals surface area contributed by atoms with Gasteiger partial charge in [-0.1, -0.05) is 17.4 Å². The van der Waals surface area contributed by atoms with E-state index in [-0.39, 0.29) is 10.6 Å². The fraction of sp³-hybridized carbons (Fsp3) is 0.200. The predicted octanol–water partition coefficient (Wildman–Crippen LogP) is 3.85. The summed E-state index contributed by atoms with van der Waals surface area (Å²) in [4.78, 5) is 0. The van der Waals surface area contributed by atoms with E-state index in [4.69, 9.17) is 0 Å². The Morgan fingerprint density at radius 3 is 2.64 bits per heavy atom. The smallest absolute Gasteiger partial charge is 0.265 e. The number of hydrogen-bond donors (Lipinski definition) is 1. The first-order valence-electron chi connectivity index (χ1n) is 4.09. The highest BCUT2D eigenvalue weighted by atomic mass is 32.1. The Labute approximate surface area is 83.6 Å². The first-order valence-corrected chi connectivity index (χ1v) is 4.91. The van der Waals surface area contributed by atoms with Crippen LogP contribution in [0.5, 0.6) is 5.06 Å². The Hall–Kier alpha value is -1.16. The molecular weight excluding hydrogens is 206 g/mol. The fourth-order valence-corrected chi connectivity index (χ4v) is 2.38. The van der Waals surface area contributed by atoms with Gasteiger partial charge in [-0.25, -0.2) is 8.78 Å². The lowest BCUT2D eigenvalue weighted by molar-refractivity contribution is 0.153. The van der Waals surface area contributed by atoms with Crippen LogP contribution >= 0.6 is 11.3 Å². The summed E-state index contributed by atoms with van der Waals surface area (Å²) >= 11 is 0.991. The third-order valence-electron chi connectivity index (χ3n) is 2.01. The van der Waals surface area contributed by atoms with Crippen LogP contribution in [-0.2, 0) is 0 Å². The normalized spacial score (nSPS) is 11.4. The van der Waals surface area contributed by atoms with Crippen molar-refractivity contribution in [2.24, 2.45) is 0 Å². The van der Waals surface area contributed by atoms with Crippen LogP contribution in [0.2, 0.25) is 0 Å². The number of halogens is 2. The van der Waals surface area contributed by atoms with E-state index in [2.05, 4.69) is 0 Å². The number of benzene rings is 1. The molecule has 0 aliphatic carbocycles. The van der Waals surface area contributed by atoms with Gasteiger partial charge in [-0.2, -0.15) is 0 Å².